The van der Waals surface area contributed by atoms with E-state index in [9.17, 15) is 4.79 Å². The van der Waals surface area contributed by atoms with Gasteiger partial charge >= 0.3 is 0 Å². The van der Waals surface area contributed by atoms with Gasteiger partial charge in [-0.25, -0.2) is 0 Å². The van der Waals surface area contributed by atoms with Gasteiger partial charge in [-0.15, -0.1) is 0 Å². The molecule has 0 aromatic rings. The van der Waals surface area contributed by atoms with Gasteiger partial charge in [-0.05, 0) is 45.3 Å². The minimum absolute atomic E-state index is 0.234. The topological polar surface area (TPSA) is 67.2 Å². The van der Waals surface area contributed by atoms with E-state index in [-0.39, 0.29) is 5.91 Å². The van der Waals surface area contributed by atoms with E-state index in [1.807, 2.05) is 0 Å². The van der Waals surface area contributed by atoms with Gasteiger partial charge in [0.1, 0.15) is 0 Å². The SMILES string of the molecule is CCCCCCCCCCCCCCCCCCCCCC(=O)NCCCCNCCCN. The standard InChI is InChI=1S/C29H61N3O/c1-2-3-4-5-6-7-8-9-10-11-12-13-14-15-16-17-18-19-20-24-29(33)32-28-22-21-26-31-27-23-25-30/h31H,2-28,30H2,1H3,(H,32,33). The summed E-state index contributed by atoms with van der Waals surface area (Å²) in [5.41, 5.74) is 5.46. The molecule has 1 amide bonds. The number of amides is 1. The molecular weight excluding hydrogens is 406 g/mol. The van der Waals surface area contributed by atoms with Crippen molar-refractivity contribution in [3.05, 3.63) is 0 Å². The second-order valence-corrected chi connectivity index (χ2v) is 10.1. The molecule has 0 radical (unpaired) electrons. The van der Waals surface area contributed by atoms with Crippen LogP contribution < -0.4 is 16.4 Å². The van der Waals surface area contributed by atoms with E-state index >= 15 is 0 Å². The molecule has 0 rings (SSSR count). The molecule has 0 bridgehead atoms. The molecule has 0 fully saturated rings. The van der Waals surface area contributed by atoms with Gasteiger partial charge in [-0.2, -0.15) is 0 Å². The number of carbonyl (C=O) groups excluding carboxylic acids is 1. The second kappa shape index (κ2) is 29.4. The zero-order chi connectivity index (χ0) is 24.1. The Hall–Kier alpha value is -0.610. The van der Waals surface area contributed by atoms with Crippen molar-refractivity contribution in [3.8, 4) is 0 Å². The first-order valence-corrected chi connectivity index (χ1v) is 15.0. The molecule has 4 nitrogen and oxygen atoms in total. The molecule has 33 heavy (non-hydrogen) atoms. The number of hydrogen-bond donors (Lipinski definition) is 3. The third-order valence-corrected chi connectivity index (χ3v) is 6.67. The Kier molecular flexibility index (Phi) is 28.9. The quantitative estimate of drug-likeness (QED) is 0.104. The van der Waals surface area contributed by atoms with Crippen LogP contribution in [0.2, 0.25) is 0 Å². The van der Waals surface area contributed by atoms with Crippen molar-refractivity contribution in [1.82, 2.24) is 10.6 Å². The molecule has 0 saturated carbocycles. The fourth-order valence-electron chi connectivity index (χ4n) is 4.41. The molecule has 0 spiro atoms. The first kappa shape index (κ1) is 32.4. The van der Waals surface area contributed by atoms with Crippen LogP contribution in [0.4, 0.5) is 0 Å². The van der Waals surface area contributed by atoms with Gasteiger partial charge in [0.05, 0.1) is 0 Å². The summed E-state index contributed by atoms with van der Waals surface area (Å²) >= 11 is 0. The Bertz CT molecular complexity index is 376. The number of nitrogens with two attached hydrogens (primary N) is 1. The Morgan fingerprint density at radius 1 is 0.515 bits per heavy atom. The average Bonchev–Trinajstić information content (AvgIpc) is 2.82. The highest BCUT2D eigenvalue weighted by Crippen LogP contribution is 2.14. The highest BCUT2D eigenvalue weighted by atomic mass is 16.1. The monoisotopic (exact) mass is 467 g/mol. The summed E-state index contributed by atoms with van der Waals surface area (Å²) in [5, 5.41) is 6.43. The number of hydrogen-bond acceptors (Lipinski definition) is 3. The summed E-state index contributed by atoms with van der Waals surface area (Å²) < 4.78 is 0. The molecule has 0 aliphatic rings. The summed E-state index contributed by atoms with van der Waals surface area (Å²) in [6, 6.07) is 0. The van der Waals surface area contributed by atoms with Crippen LogP contribution in [0.15, 0.2) is 0 Å². The first-order chi connectivity index (χ1) is 16.3. The Morgan fingerprint density at radius 3 is 1.36 bits per heavy atom. The molecule has 0 aliphatic heterocycles. The Balaban J connectivity index is 3.11. The predicted octanol–water partition coefficient (Wildman–Crippen LogP) is 7.64. The Labute approximate surface area is 208 Å². The molecule has 0 aliphatic carbocycles. The van der Waals surface area contributed by atoms with Gasteiger partial charge in [0.25, 0.3) is 0 Å². The van der Waals surface area contributed by atoms with Crippen molar-refractivity contribution in [2.24, 2.45) is 5.73 Å². The number of unbranched alkanes of at least 4 members (excludes halogenated alkanes) is 19. The van der Waals surface area contributed by atoms with E-state index in [1.54, 1.807) is 0 Å². The van der Waals surface area contributed by atoms with Gasteiger partial charge in [0, 0.05) is 13.0 Å². The van der Waals surface area contributed by atoms with Gasteiger partial charge in [-0.3, -0.25) is 4.79 Å². The van der Waals surface area contributed by atoms with Crippen LogP contribution in [0.25, 0.3) is 0 Å². The van der Waals surface area contributed by atoms with Gasteiger partial charge < -0.3 is 16.4 Å². The van der Waals surface area contributed by atoms with Crippen LogP contribution in [0.5, 0.6) is 0 Å². The van der Waals surface area contributed by atoms with Gasteiger partial charge in [-0.1, -0.05) is 122 Å². The maximum absolute atomic E-state index is 11.9. The zero-order valence-electron chi connectivity index (χ0n) is 22.6. The number of carbonyl (C=O) groups is 1. The van der Waals surface area contributed by atoms with E-state index in [0.717, 1.165) is 51.9 Å². The van der Waals surface area contributed by atoms with Crippen LogP contribution in [0.3, 0.4) is 0 Å². The van der Waals surface area contributed by atoms with Crippen LogP contribution in [-0.4, -0.2) is 32.1 Å². The van der Waals surface area contributed by atoms with Crippen molar-refractivity contribution >= 4 is 5.91 Å². The van der Waals surface area contributed by atoms with Crippen molar-refractivity contribution in [2.75, 3.05) is 26.2 Å². The molecule has 0 unspecified atom stereocenters. The zero-order valence-corrected chi connectivity index (χ0v) is 22.6. The third-order valence-electron chi connectivity index (χ3n) is 6.67. The predicted molar refractivity (Wildman–Crippen MR) is 147 cm³/mol. The molecule has 0 heterocycles. The molecular formula is C29H61N3O. The molecule has 4 N–H and O–H groups in total. The summed E-state index contributed by atoms with van der Waals surface area (Å²) in [4.78, 5) is 11.9. The van der Waals surface area contributed by atoms with Crippen molar-refractivity contribution in [3.63, 3.8) is 0 Å². The highest BCUT2D eigenvalue weighted by molar-refractivity contribution is 5.75. The van der Waals surface area contributed by atoms with E-state index in [4.69, 9.17) is 5.73 Å². The summed E-state index contributed by atoms with van der Waals surface area (Å²) in [6.45, 7) is 5.89. The van der Waals surface area contributed by atoms with E-state index in [0.29, 0.717) is 6.42 Å². The molecule has 4 heteroatoms. The summed E-state index contributed by atoms with van der Waals surface area (Å²) in [7, 11) is 0. The van der Waals surface area contributed by atoms with Crippen LogP contribution in [0, 0.1) is 0 Å². The lowest BCUT2D eigenvalue weighted by Gasteiger charge is -2.06. The second-order valence-electron chi connectivity index (χ2n) is 10.1. The summed E-state index contributed by atoms with van der Waals surface area (Å²) in [5.74, 6) is 0.234. The lowest BCUT2D eigenvalue weighted by atomic mass is 10.0. The minimum atomic E-state index is 0.234. The summed E-state index contributed by atoms with van der Waals surface area (Å²) in [6.07, 6.45) is 30.3. The lowest BCUT2D eigenvalue weighted by Crippen LogP contribution is -2.25. The van der Waals surface area contributed by atoms with Crippen LogP contribution in [0.1, 0.15) is 155 Å². The smallest absolute Gasteiger partial charge is 0.219 e. The normalized spacial score (nSPS) is 11.2. The van der Waals surface area contributed by atoms with Gasteiger partial charge in [0.15, 0.2) is 0 Å². The molecule has 198 valence electrons. The van der Waals surface area contributed by atoms with Gasteiger partial charge in [0.2, 0.25) is 5.91 Å². The van der Waals surface area contributed by atoms with Crippen LogP contribution in [-0.2, 0) is 4.79 Å². The molecule has 0 saturated heterocycles. The molecule has 0 aromatic carbocycles. The number of rotatable bonds is 28. The number of nitrogens with one attached hydrogen (secondary N) is 2. The lowest BCUT2D eigenvalue weighted by molar-refractivity contribution is -0.121. The molecule has 0 aromatic heterocycles. The van der Waals surface area contributed by atoms with E-state index in [2.05, 4.69) is 17.6 Å². The molecule has 0 atom stereocenters. The highest BCUT2D eigenvalue weighted by Gasteiger charge is 2.00. The van der Waals surface area contributed by atoms with Crippen molar-refractivity contribution in [2.45, 2.75) is 155 Å². The van der Waals surface area contributed by atoms with Crippen molar-refractivity contribution in [1.29, 1.82) is 0 Å². The average molecular weight is 468 g/mol. The van der Waals surface area contributed by atoms with Crippen molar-refractivity contribution < 1.29 is 4.79 Å². The van der Waals surface area contributed by atoms with E-state index in [1.165, 1.54) is 116 Å². The fourth-order valence-corrected chi connectivity index (χ4v) is 4.41. The van der Waals surface area contributed by atoms with Crippen LogP contribution >= 0.6 is 0 Å². The largest absolute Gasteiger partial charge is 0.356 e. The maximum Gasteiger partial charge on any atom is 0.219 e. The fraction of sp³-hybridized carbons (Fsp3) is 0.966. The minimum Gasteiger partial charge on any atom is -0.356 e. The Morgan fingerprint density at radius 2 is 0.909 bits per heavy atom. The maximum atomic E-state index is 11.9. The first-order valence-electron chi connectivity index (χ1n) is 15.0. The van der Waals surface area contributed by atoms with E-state index < -0.39 is 0 Å². The third kappa shape index (κ3) is 29.4.